The first kappa shape index (κ1) is 31.5. The van der Waals surface area contributed by atoms with Crippen LogP contribution in [0.1, 0.15) is 48.0 Å². The quantitative estimate of drug-likeness (QED) is 0.408. The van der Waals surface area contributed by atoms with Crippen LogP contribution in [0.2, 0.25) is 0 Å². The van der Waals surface area contributed by atoms with Crippen LogP contribution < -0.4 is 20.7 Å². The van der Waals surface area contributed by atoms with Gasteiger partial charge >= 0.3 is 0 Å². The van der Waals surface area contributed by atoms with E-state index >= 15 is 0 Å². The topological polar surface area (TPSA) is 129 Å². The van der Waals surface area contributed by atoms with Gasteiger partial charge in [-0.1, -0.05) is 42.5 Å². The van der Waals surface area contributed by atoms with Gasteiger partial charge in [-0.2, -0.15) is 0 Å². The highest BCUT2D eigenvalue weighted by Crippen LogP contribution is 2.38. The van der Waals surface area contributed by atoms with Gasteiger partial charge in [-0.25, -0.2) is 0 Å². The van der Waals surface area contributed by atoms with Crippen LogP contribution in [-0.2, 0) is 25.5 Å². The Morgan fingerprint density at radius 2 is 1.75 bits per heavy atom. The lowest BCUT2D eigenvalue weighted by molar-refractivity contribution is -0.139. The highest BCUT2D eigenvalue weighted by Gasteiger charge is 2.53. The number of carbonyl (C=O) groups excluding carboxylic acids is 4. The smallest absolute Gasteiger partial charge is 0.255 e. The van der Waals surface area contributed by atoms with Crippen molar-refractivity contribution in [1.29, 1.82) is 0 Å². The van der Waals surface area contributed by atoms with Crippen molar-refractivity contribution in [2.24, 2.45) is 0 Å². The second kappa shape index (κ2) is 14.7. The number of nitrogens with zero attached hydrogens (tertiary/aromatic N) is 2. The van der Waals surface area contributed by atoms with Crippen LogP contribution in [0.5, 0.6) is 5.75 Å². The monoisotopic (exact) mass is 605 g/mol. The molecule has 0 unspecified atom stereocenters. The third-order valence-corrected chi connectivity index (χ3v) is 8.62. The number of hydrogen-bond donors (Lipinski definition) is 3. The lowest BCUT2D eigenvalue weighted by Crippen LogP contribution is -2.54. The predicted molar refractivity (Wildman–Crippen MR) is 164 cm³/mol. The molecule has 2 aromatic carbocycles. The number of benzene rings is 2. The van der Waals surface area contributed by atoms with Gasteiger partial charge in [-0.3, -0.25) is 24.1 Å². The summed E-state index contributed by atoms with van der Waals surface area (Å²) in [6.45, 7) is 4.59. The summed E-state index contributed by atoms with van der Waals surface area (Å²) in [5, 5.41) is 8.72. The lowest BCUT2D eigenvalue weighted by atomic mass is 10.0. The standard InChI is InChI=1S/C33H43N5O6/c1-37-25(22-24-8-3-2-4-9-24)23-44-28-11-6-5-10-26(28)30(40)35-27(12-13-29(39)36-33(14-15-33)32(37)42)31(41)34-16-7-17-38-18-20-43-21-19-38/h2-6,8-11,25,27H,7,12-23H2,1H3,(H,34,41)(H,35,40)(H,36,39)/t25-,27-/m0/s1. The van der Waals surface area contributed by atoms with Crippen molar-refractivity contribution < 1.29 is 28.7 Å². The predicted octanol–water partition coefficient (Wildman–Crippen LogP) is 1.51. The van der Waals surface area contributed by atoms with E-state index in [4.69, 9.17) is 9.47 Å². The second-order valence-corrected chi connectivity index (χ2v) is 11.9. The summed E-state index contributed by atoms with van der Waals surface area (Å²) in [4.78, 5) is 57.6. The molecule has 5 rings (SSSR count). The zero-order valence-corrected chi connectivity index (χ0v) is 25.4. The van der Waals surface area contributed by atoms with Crippen molar-refractivity contribution in [2.75, 3.05) is 53.0 Å². The van der Waals surface area contributed by atoms with Crippen molar-refractivity contribution in [3.63, 3.8) is 0 Å². The molecule has 44 heavy (non-hydrogen) atoms. The summed E-state index contributed by atoms with van der Waals surface area (Å²) in [7, 11) is 1.74. The third kappa shape index (κ3) is 8.15. The van der Waals surface area contributed by atoms with Crippen LogP contribution in [0.3, 0.4) is 0 Å². The van der Waals surface area contributed by atoms with Crippen LogP contribution >= 0.6 is 0 Å². The van der Waals surface area contributed by atoms with E-state index < -0.39 is 17.5 Å². The molecular formula is C33H43N5O6. The fourth-order valence-electron chi connectivity index (χ4n) is 5.75. The van der Waals surface area contributed by atoms with Gasteiger partial charge in [0.15, 0.2) is 0 Å². The van der Waals surface area contributed by atoms with Gasteiger partial charge in [0.05, 0.1) is 24.8 Å². The maximum absolute atomic E-state index is 13.8. The van der Waals surface area contributed by atoms with Crippen molar-refractivity contribution in [3.05, 3.63) is 65.7 Å². The van der Waals surface area contributed by atoms with E-state index in [1.165, 1.54) is 0 Å². The average molecular weight is 606 g/mol. The Morgan fingerprint density at radius 3 is 2.50 bits per heavy atom. The molecule has 0 bridgehead atoms. The largest absolute Gasteiger partial charge is 0.491 e. The molecule has 0 aromatic heterocycles. The molecule has 2 aliphatic heterocycles. The molecule has 3 aliphatic rings. The first-order valence-corrected chi connectivity index (χ1v) is 15.6. The number of rotatable bonds is 7. The van der Waals surface area contributed by atoms with Crippen LogP contribution in [0.25, 0.3) is 0 Å². The van der Waals surface area contributed by atoms with Crippen LogP contribution in [0, 0.1) is 0 Å². The minimum atomic E-state index is -0.959. The Balaban J connectivity index is 1.33. The molecule has 11 nitrogen and oxygen atoms in total. The summed E-state index contributed by atoms with van der Waals surface area (Å²) >= 11 is 0. The Hall–Kier alpha value is -3.96. The number of amides is 4. The van der Waals surface area contributed by atoms with E-state index in [1.54, 1.807) is 36.2 Å². The Kier molecular flexibility index (Phi) is 10.5. The van der Waals surface area contributed by atoms with Crippen molar-refractivity contribution in [3.8, 4) is 5.75 Å². The molecule has 11 heteroatoms. The number of hydrogen-bond acceptors (Lipinski definition) is 7. The summed E-state index contributed by atoms with van der Waals surface area (Å²) in [6, 6.07) is 15.4. The zero-order valence-electron chi connectivity index (χ0n) is 25.4. The molecule has 0 radical (unpaired) electrons. The Morgan fingerprint density at radius 1 is 1.02 bits per heavy atom. The minimum absolute atomic E-state index is 0.0174. The number of nitrogens with one attached hydrogen (secondary N) is 3. The van der Waals surface area contributed by atoms with E-state index in [0.29, 0.717) is 44.8 Å². The molecule has 1 spiro atoms. The van der Waals surface area contributed by atoms with E-state index in [1.807, 2.05) is 30.3 Å². The van der Waals surface area contributed by atoms with Gasteiger partial charge in [0.25, 0.3) is 5.91 Å². The summed E-state index contributed by atoms with van der Waals surface area (Å²) in [5.74, 6) is -0.946. The van der Waals surface area contributed by atoms with Gasteiger partial charge < -0.3 is 30.3 Å². The van der Waals surface area contributed by atoms with E-state index in [0.717, 1.165) is 31.6 Å². The molecule has 1 saturated heterocycles. The van der Waals surface area contributed by atoms with E-state index in [-0.39, 0.29) is 48.8 Å². The fourth-order valence-corrected chi connectivity index (χ4v) is 5.75. The Bertz CT molecular complexity index is 1310. The number of ether oxygens (including phenoxy) is 2. The van der Waals surface area contributed by atoms with Crippen LogP contribution in [-0.4, -0.2) is 104 Å². The van der Waals surface area contributed by atoms with Gasteiger partial charge in [-0.15, -0.1) is 0 Å². The number of fused-ring (bicyclic) bond motifs is 1. The van der Waals surface area contributed by atoms with Crippen LogP contribution in [0.4, 0.5) is 0 Å². The summed E-state index contributed by atoms with van der Waals surface area (Å²) < 4.78 is 11.6. The summed E-state index contributed by atoms with van der Waals surface area (Å²) in [6.07, 6.45) is 2.46. The molecule has 236 valence electrons. The molecule has 2 aromatic rings. The van der Waals surface area contributed by atoms with Crippen molar-refractivity contribution in [1.82, 2.24) is 25.8 Å². The maximum atomic E-state index is 13.8. The molecule has 1 saturated carbocycles. The minimum Gasteiger partial charge on any atom is -0.491 e. The number of carbonyl (C=O) groups is 4. The third-order valence-electron chi connectivity index (χ3n) is 8.62. The number of para-hydroxylation sites is 1. The molecule has 2 fully saturated rings. The van der Waals surface area contributed by atoms with Gasteiger partial charge in [-0.05, 0) is 56.3 Å². The lowest BCUT2D eigenvalue weighted by Gasteiger charge is -2.32. The van der Waals surface area contributed by atoms with Crippen molar-refractivity contribution in [2.45, 2.75) is 56.1 Å². The normalized spacial score (nSPS) is 22.9. The maximum Gasteiger partial charge on any atom is 0.255 e. The first-order valence-electron chi connectivity index (χ1n) is 15.6. The molecule has 4 amide bonds. The number of morpholine rings is 1. The number of likely N-dealkylation sites (N-methyl/N-ethyl adjacent to an activating group) is 1. The Labute approximate surface area is 258 Å². The first-order chi connectivity index (χ1) is 21.3. The van der Waals surface area contributed by atoms with E-state index in [9.17, 15) is 19.2 Å². The zero-order chi connectivity index (χ0) is 30.9. The SMILES string of the molecule is CN1C(=O)C2(CC2)NC(=O)CC[C@@H](C(=O)NCCCN2CCOCC2)NC(=O)c2ccccc2OC[C@@H]1Cc1ccccc1. The van der Waals surface area contributed by atoms with Crippen molar-refractivity contribution >= 4 is 23.6 Å². The molecule has 1 aliphatic carbocycles. The highest BCUT2D eigenvalue weighted by molar-refractivity contribution is 6.00. The highest BCUT2D eigenvalue weighted by atomic mass is 16.5. The molecule has 3 N–H and O–H groups in total. The molecule has 2 heterocycles. The second-order valence-electron chi connectivity index (χ2n) is 11.9. The molecular weight excluding hydrogens is 562 g/mol. The van der Waals surface area contributed by atoms with Gasteiger partial charge in [0, 0.05) is 33.1 Å². The van der Waals surface area contributed by atoms with E-state index in [2.05, 4.69) is 20.9 Å². The van der Waals surface area contributed by atoms with Gasteiger partial charge in [0.1, 0.15) is 23.9 Å². The van der Waals surface area contributed by atoms with Crippen LogP contribution in [0.15, 0.2) is 54.6 Å². The average Bonchev–Trinajstić information content (AvgIpc) is 3.83. The fraction of sp³-hybridized carbons (Fsp3) is 0.515. The summed E-state index contributed by atoms with van der Waals surface area (Å²) in [5.41, 5.74) is 0.361. The van der Waals surface area contributed by atoms with Gasteiger partial charge in [0.2, 0.25) is 17.7 Å². The molecule has 2 atom stereocenters.